The summed E-state index contributed by atoms with van der Waals surface area (Å²) in [6, 6.07) is 16.3. The van der Waals surface area contributed by atoms with Gasteiger partial charge in [-0.05, 0) is 73.7 Å². The Labute approximate surface area is 185 Å². The predicted molar refractivity (Wildman–Crippen MR) is 120 cm³/mol. The van der Waals surface area contributed by atoms with Gasteiger partial charge in [-0.1, -0.05) is 18.2 Å². The molecule has 1 heterocycles. The van der Waals surface area contributed by atoms with Crippen LogP contribution in [0, 0.1) is 5.92 Å². The Bertz CT molecular complexity index is 1120. The maximum Gasteiger partial charge on any atom is 0.335 e. The molecule has 1 atom stereocenters. The third-order valence-corrected chi connectivity index (χ3v) is 6.08. The van der Waals surface area contributed by atoms with Gasteiger partial charge in [-0.2, -0.15) is 0 Å². The van der Waals surface area contributed by atoms with E-state index in [4.69, 9.17) is 5.11 Å². The Kier molecular flexibility index (Phi) is 6.02. The highest BCUT2D eigenvalue weighted by atomic mass is 19.3. The minimum atomic E-state index is -2.75. The van der Waals surface area contributed by atoms with Crippen molar-refractivity contribution in [2.24, 2.45) is 5.92 Å². The summed E-state index contributed by atoms with van der Waals surface area (Å²) in [6.07, 6.45) is 1.16. The SMILES string of the molecule is CC(F)(F)C1CCc2c(cc(-c3ccc(NCCO)cc3)n2-c2cccc(C(=O)O)c2)C1. The molecule has 3 N–H and O–H groups in total. The van der Waals surface area contributed by atoms with Crippen LogP contribution in [0.5, 0.6) is 0 Å². The number of hydrogen-bond donors (Lipinski definition) is 3. The highest BCUT2D eigenvalue weighted by Gasteiger charge is 2.38. The predicted octanol–water partition coefficient (Wildman–Crippen LogP) is 5.01. The molecule has 0 aliphatic heterocycles. The van der Waals surface area contributed by atoms with Crippen LogP contribution < -0.4 is 5.32 Å². The molecule has 5 nitrogen and oxygen atoms in total. The van der Waals surface area contributed by atoms with Gasteiger partial charge in [0.25, 0.3) is 0 Å². The first-order valence-electron chi connectivity index (χ1n) is 10.7. The molecule has 1 unspecified atom stereocenters. The summed E-state index contributed by atoms with van der Waals surface area (Å²) < 4.78 is 30.1. The first-order chi connectivity index (χ1) is 15.3. The number of carboxylic acids is 1. The van der Waals surface area contributed by atoms with E-state index in [1.807, 2.05) is 41.0 Å². The normalized spacial score (nSPS) is 15.9. The van der Waals surface area contributed by atoms with Gasteiger partial charge >= 0.3 is 5.97 Å². The Balaban J connectivity index is 1.81. The topological polar surface area (TPSA) is 74.5 Å². The lowest BCUT2D eigenvalue weighted by Crippen LogP contribution is -2.30. The van der Waals surface area contributed by atoms with E-state index in [0.717, 1.165) is 35.1 Å². The molecule has 0 radical (unpaired) electrons. The number of nitrogens with zero attached hydrogens (tertiary/aromatic N) is 1. The number of halogens is 2. The molecule has 1 aliphatic rings. The number of benzene rings is 2. The number of aliphatic hydroxyl groups excluding tert-OH is 1. The van der Waals surface area contributed by atoms with E-state index in [1.54, 1.807) is 12.1 Å². The molecule has 2 aromatic carbocycles. The number of rotatable bonds is 7. The second-order valence-corrected chi connectivity index (χ2v) is 8.32. The second kappa shape index (κ2) is 8.74. The zero-order chi connectivity index (χ0) is 22.9. The van der Waals surface area contributed by atoms with Crippen LogP contribution in [0.25, 0.3) is 16.9 Å². The third kappa shape index (κ3) is 4.39. The van der Waals surface area contributed by atoms with Crippen molar-refractivity contribution >= 4 is 11.7 Å². The smallest absolute Gasteiger partial charge is 0.335 e. The molecule has 7 heteroatoms. The molecular formula is C25H26F2N2O3. The van der Waals surface area contributed by atoms with Crippen LogP contribution in [-0.4, -0.2) is 39.8 Å². The standard InChI is InChI=1S/C25H26F2N2O3/c1-25(26,27)19-7-10-22-18(13-19)15-23(16-5-8-20(9-6-16)28-11-12-30)29(22)21-4-2-3-17(14-21)24(31)32/h2-6,8-9,14-15,19,28,30H,7,10-13H2,1H3,(H,31,32). The number of aromatic carboxylic acids is 1. The van der Waals surface area contributed by atoms with Crippen molar-refractivity contribution in [3.05, 3.63) is 71.4 Å². The van der Waals surface area contributed by atoms with Gasteiger partial charge in [-0.15, -0.1) is 0 Å². The minimum Gasteiger partial charge on any atom is -0.478 e. The van der Waals surface area contributed by atoms with Crippen LogP contribution >= 0.6 is 0 Å². The molecule has 0 fully saturated rings. The number of carboxylic acid groups (broad SMARTS) is 1. The summed E-state index contributed by atoms with van der Waals surface area (Å²) in [4.78, 5) is 11.5. The van der Waals surface area contributed by atoms with Crippen molar-refractivity contribution in [3.8, 4) is 16.9 Å². The van der Waals surface area contributed by atoms with Crippen LogP contribution in [0.1, 0.15) is 35.0 Å². The monoisotopic (exact) mass is 440 g/mol. The summed E-state index contributed by atoms with van der Waals surface area (Å²) in [5, 5.41) is 21.5. The van der Waals surface area contributed by atoms with Crippen molar-refractivity contribution < 1.29 is 23.8 Å². The van der Waals surface area contributed by atoms with Gasteiger partial charge in [-0.25, -0.2) is 13.6 Å². The molecule has 0 bridgehead atoms. The van der Waals surface area contributed by atoms with Crippen molar-refractivity contribution in [3.63, 3.8) is 0 Å². The van der Waals surface area contributed by atoms with Crippen molar-refractivity contribution in [1.29, 1.82) is 0 Å². The van der Waals surface area contributed by atoms with Gasteiger partial charge in [-0.3, -0.25) is 0 Å². The highest BCUT2D eigenvalue weighted by Crippen LogP contribution is 2.40. The van der Waals surface area contributed by atoms with E-state index in [1.165, 1.54) is 6.07 Å². The van der Waals surface area contributed by atoms with Gasteiger partial charge < -0.3 is 20.1 Å². The molecule has 0 amide bonds. The Morgan fingerprint density at radius 1 is 1.19 bits per heavy atom. The Morgan fingerprint density at radius 3 is 2.59 bits per heavy atom. The number of hydrogen-bond acceptors (Lipinski definition) is 3. The van der Waals surface area contributed by atoms with E-state index in [0.29, 0.717) is 25.1 Å². The zero-order valence-corrected chi connectivity index (χ0v) is 17.8. The van der Waals surface area contributed by atoms with E-state index in [-0.39, 0.29) is 18.6 Å². The van der Waals surface area contributed by atoms with E-state index < -0.39 is 17.8 Å². The molecule has 0 saturated carbocycles. The summed E-state index contributed by atoms with van der Waals surface area (Å²) in [5.41, 5.74) is 5.30. The molecule has 1 aliphatic carbocycles. The number of fused-ring (bicyclic) bond motifs is 1. The summed E-state index contributed by atoms with van der Waals surface area (Å²) in [6.45, 7) is 1.45. The number of aromatic nitrogens is 1. The molecule has 4 rings (SSSR count). The van der Waals surface area contributed by atoms with Crippen LogP contribution in [0.15, 0.2) is 54.6 Å². The van der Waals surface area contributed by atoms with Gasteiger partial charge in [0, 0.05) is 29.5 Å². The van der Waals surface area contributed by atoms with E-state index >= 15 is 0 Å². The average Bonchev–Trinajstić information content (AvgIpc) is 3.16. The summed E-state index contributed by atoms with van der Waals surface area (Å²) in [7, 11) is 0. The van der Waals surface area contributed by atoms with Gasteiger partial charge in [0.1, 0.15) is 0 Å². The molecule has 32 heavy (non-hydrogen) atoms. The fraction of sp³-hybridized carbons (Fsp3) is 0.320. The number of aliphatic hydroxyl groups is 1. The van der Waals surface area contributed by atoms with Gasteiger partial charge in [0.2, 0.25) is 5.92 Å². The van der Waals surface area contributed by atoms with Gasteiger partial charge in [0.05, 0.1) is 17.9 Å². The summed E-state index contributed by atoms with van der Waals surface area (Å²) in [5.74, 6) is -4.48. The Morgan fingerprint density at radius 2 is 1.94 bits per heavy atom. The number of carbonyl (C=O) groups is 1. The number of anilines is 1. The number of nitrogens with one attached hydrogen (secondary N) is 1. The first kappa shape index (κ1) is 22.0. The van der Waals surface area contributed by atoms with Crippen LogP contribution in [0.2, 0.25) is 0 Å². The first-order valence-corrected chi connectivity index (χ1v) is 10.7. The fourth-order valence-electron chi connectivity index (χ4n) is 4.41. The average molecular weight is 440 g/mol. The van der Waals surface area contributed by atoms with E-state index in [2.05, 4.69) is 5.32 Å². The molecule has 0 saturated heterocycles. The van der Waals surface area contributed by atoms with Crippen molar-refractivity contribution in [1.82, 2.24) is 4.57 Å². The third-order valence-electron chi connectivity index (χ3n) is 6.08. The maximum absolute atomic E-state index is 14.0. The van der Waals surface area contributed by atoms with Crippen LogP contribution in [-0.2, 0) is 12.8 Å². The highest BCUT2D eigenvalue weighted by molar-refractivity contribution is 5.88. The lowest BCUT2D eigenvalue weighted by atomic mass is 9.84. The molecular weight excluding hydrogens is 414 g/mol. The quantitative estimate of drug-likeness (QED) is 0.483. The number of alkyl halides is 2. The van der Waals surface area contributed by atoms with Crippen LogP contribution in [0.4, 0.5) is 14.5 Å². The van der Waals surface area contributed by atoms with Gasteiger partial charge in [0.15, 0.2) is 0 Å². The fourth-order valence-corrected chi connectivity index (χ4v) is 4.41. The summed E-state index contributed by atoms with van der Waals surface area (Å²) >= 11 is 0. The van der Waals surface area contributed by atoms with Crippen LogP contribution in [0.3, 0.4) is 0 Å². The van der Waals surface area contributed by atoms with Crippen molar-refractivity contribution in [2.45, 2.75) is 32.1 Å². The minimum absolute atomic E-state index is 0.0282. The van der Waals surface area contributed by atoms with E-state index in [9.17, 15) is 18.7 Å². The molecule has 0 spiro atoms. The second-order valence-electron chi connectivity index (χ2n) is 8.32. The lowest BCUT2D eigenvalue weighted by molar-refractivity contribution is -0.0446. The zero-order valence-electron chi connectivity index (χ0n) is 17.8. The largest absolute Gasteiger partial charge is 0.478 e. The molecule has 1 aromatic heterocycles. The lowest BCUT2D eigenvalue weighted by Gasteiger charge is -2.28. The Hall–Kier alpha value is -3.19. The van der Waals surface area contributed by atoms with Crippen molar-refractivity contribution in [2.75, 3.05) is 18.5 Å². The molecule has 168 valence electrons. The maximum atomic E-state index is 14.0. The molecule has 3 aromatic rings.